The van der Waals surface area contributed by atoms with Gasteiger partial charge in [-0.2, -0.15) is 0 Å². The minimum atomic E-state index is -1.70. The number of aromatic hydroxyl groups is 4. The average molecular weight is 507 g/mol. The van der Waals surface area contributed by atoms with E-state index in [1.165, 1.54) is 38.3 Å². The van der Waals surface area contributed by atoms with Crippen LogP contribution in [0.3, 0.4) is 0 Å². The lowest BCUT2D eigenvalue weighted by atomic mass is 9.98. The summed E-state index contributed by atoms with van der Waals surface area (Å²) in [7, 11) is 1.37. The third kappa shape index (κ3) is 4.97. The molecule has 2 aromatic carbocycles. The average Bonchev–Trinajstić information content (AvgIpc) is 2.83. The molecule has 4 rings (SSSR count). The molecule has 1 saturated heterocycles. The molecular weight excluding hydrogens is 480 g/mol. The SMILES string of the molecule is COc1cc(C2[OH+]c3cc(O)cc(O)c3C=C2OC2O[C@H](COC(C)=O)[C@H](O)[C@H](O)[C@H]2O)ccc1O. The molecule has 12 nitrogen and oxygen atoms in total. The summed E-state index contributed by atoms with van der Waals surface area (Å²) >= 11 is 0. The molecule has 2 aliphatic rings. The first kappa shape index (κ1) is 25.4. The highest BCUT2D eigenvalue weighted by molar-refractivity contribution is 5.69. The first-order valence-corrected chi connectivity index (χ1v) is 10.9. The zero-order valence-electron chi connectivity index (χ0n) is 19.3. The zero-order valence-corrected chi connectivity index (χ0v) is 19.3. The maximum absolute atomic E-state index is 11.2. The van der Waals surface area contributed by atoms with Gasteiger partial charge in [-0.25, -0.2) is 0 Å². The minimum absolute atomic E-state index is 0.0649. The largest absolute Gasteiger partial charge is 0.571 e. The van der Waals surface area contributed by atoms with Crippen LogP contribution in [0.25, 0.3) is 6.08 Å². The molecule has 2 heterocycles. The van der Waals surface area contributed by atoms with Crippen molar-refractivity contribution in [1.29, 1.82) is 0 Å². The number of rotatable bonds is 6. The van der Waals surface area contributed by atoms with Crippen molar-refractivity contribution in [2.45, 2.75) is 43.7 Å². The Bertz CT molecular complexity index is 1160. The van der Waals surface area contributed by atoms with Crippen molar-refractivity contribution in [3.05, 3.63) is 47.2 Å². The van der Waals surface area contributed by atoms with Gasteiger partial charge in [0.1, 0.15) is 48.1 Å². The number of ether oxygens (including phenoxy) is 5. The van der Waals surface area contributed by atoms with Gasteiger partial charge in [0.2, 0.25) is 6.29 Å². The van der Waals surface area contributed by atoms with Crippen LogP contribution in [0.4, 0.5) is 0 Å². The Kier molecular flexibility index (Phi) is 7.13. The molecule has 0 bridgehead atoms. The van der Waals surface area contributed by atoms with Crippen LogP contribution in [-0.2, 0) is 19.0 Å². The molecule has 2 unspecified atom stereocenters. The van der Waals surface area contributed by atoms with E-state index < -0.39 is 49.4 Å². The molecule has 6 atom stereocenters. The molecule has 0 aromatic heterocycles. The minimum Gasteiger partial charge on any atom is -0.571 e. The van der Waals surface area contributed by atoms with Crippen LogP contribution >= 0.6 is 0 Å². The van der Waals surface area contributed by atoms with Gasteiger partial charge in [0.25, 0.3) is 11.9 Å². The van der Waals surface area contributed by atoms with Gasteiger partial charge in [0.15, 0.2) is 17.3 Å². The summed E-state index contributed by atoms with van der Waals surface area (Å²) in [5, 5.41) is 61.4. The maximum atomic E-state index is 11.2. The molecule has 0 amide bonds. The Morgan fingerprint density at radius 2 is 1.78 bits per heavy atom. The van der Waals surface area contributed by atoms with Gasteiger partial charge in [-0.15, -0.1) is 0 Å². The number of phenolic OH excluding ortho intramolecular Hbond substituents is 3. The number of fused-ring (bicyclic) bond motifs is 1. The van der Waals surface area contributed by atoms with Gasteiger partial charge in [-0.05, 0) is 18.2 Å². The molecule has 36 heavy (non-hydrogen) atoms. The zero-order chi connectivity index (χ0) is 26.1. The Hall–Kier alpha value is -3.71. The summed E-state index contributed by atoms with van der Waals surface area (Å²) in [6, 6.07) is 6.91. The molecule has 7 N–H and O–H groups in total. The summed E-state index contributed by atoms with van der Waals surface area (Å²) in [6.45, 7) is 0.770. The number of methoxy groups -OCH3 is 1. The van der Waals surface area contributed by atoms with E-state index in [0.29, 0.717) is 5.56 Å². The monoisotopic (exact) mass is 507 g/mol. The second-order valence-electron chi connectivity index (χ2n) is 8.34. The molecule has 194 valence electrons. The van der Waals surface area contributed by atoms with Crippen molar-refractivity contribution in [1.82, 2.24) is 0 Å². The van der Waals surface area contributed by atoms with Gasteiger partial charge >= 0.3 is 5.97 Å². The Morgan fingerprint density at radius 3 is 2.47 bits per heavy atom. The Morgan fingerprint density at radius 1 is 1.03 bits per heavy atom. The standard InChI is InChI=1S/C24H26O12/c1-10(25)33-9-19-20(29)21(30)22(31)24(36-19)35-18-8-13-15(28)6-12(26)7-16(13)34-23(18)11-3-4-14(27)17(5-11)32-2/h3-8,19-24,26-31H,9H2,1-2H3/p+1/t19-,20+,21+,22-,23?,24?/m1/s1. The lowest BCUT2D eigenvalue weighted by Gasteiger charge is -2.40. The first-order chi connectivity index (χ1) is 17.1. The van der Waals surface area contributed by atoms with Gasteiger partial charge < -0.3 is 54.3 Å². The van der Waals surface area contributed by atoms with Crippen LogP contribution in [0.2, 0.25) is 0 Å². The number of phenols is 3. The van der Waals surface area contributed by atoms with Crippen LogP contribution in [0.5, 0.6) is 28.7 Å². The number of hydrogen-bond acceptors (Lipinski definition) is 11. The smallest absolute Gasteiger partial charge is 0.302 e. The van der Waals surface area contributed by atoms with E-state index in [-0.39, 0.29) is 40.1 Å². The summed E-state index contributed by atoms with van der Waals surface area (Å²) in [5.41, 5.74) is 0.693. The number of esters is 1. The molecule has 0 aliphatic carbocycles. The first-order valence-electron chi connectivity index (χ1n) is 10.9. The highest BCUT2D eigenvalue weighted by atomic mass is 16.7. The fourth-order valence-corrected chi connectivity index (χ4v) is 3.97. The molecule has 2 aliphatic heterocycles. The molecule has 2 aromatic rings. The van der Waals surface area contributed by atoms with Crippen LogP contribution in [0.1, 0.15) is 24.2 Å². The molecule has 12 heteroatoms. The highest BCUT2D eigenvalue weighted by Crippen LogP contribution is 2.46. The number of aliphatic hydroxyl groups excluding tert-OH is 3. The van der Waals surface area contributed by atoms with Crippen molar-refractivity contribution < 1.29 is 59.1 Å². The summed E-state index contributed by atoms with van der Waals surface area (Å²) < 4.78 is 26.1. The van der Waals surface area contributed by atoms with E-state index >= 15 is 0 Å². The van der Waals surface area contributed by atoms with Gasteiger partial charge in [0, 0.05) is 19.1 Å². The Balaban J connectivity index is 1.70. The Labute approximate surface area is 205 Å². The second-order valence-corrected chi connectivity index (χ2v) is 8.34. The number of aliphatic hydroxyl groups is 4. The fraction of sp³-hybridized carbons (Fsp3) is 0.375. The van der Waals surface area contributed by atoms with E-state index in [0.717, 1.165) is 6.07 Å². The third-order valence-corrected chi connectivity index (χ3v) is 5.84. The fourth-order valence-electron chi connectivity index (χ4n) is 3.97. The second kappa shape index (κ2) is 10.1. The summed E-state index contributed by atoms with van der Waals surface area (Å²) in [4.78, 5) is 11.2. The number of carbonyl (C=O) groups is 1. The van der Waals surface area contributed by atoms with Crippen molar-refractivity contribution in [3.8, 4) is 28.7 Å². The van der Waals surface area contributed by atoms with E-state index in [1.807, 2.05) is 0 Å². The van der Waals surface area contributed by atoms with Crippen LogP contribution < -0.4 is 4.74 Å². The van der Waals surface area contributed by atoms with Gasteiger partial charge in [-0.1, -0.05) is 0 Å². The van der Waals surface area contributed by atoms with E-state index in [1.54, 1.807) is 6.07 Å². The summed E-state index contributed by atoms with van der Waals surface area (Å²) in [6.07, 6.45) is -7.16. The van der Waals surface area contributed by atoms with Crippen LogP contribution in [0.15, 0.2) is 36.1 Å². The number of hydrogen-bond donors (Lipinski definition) is 6. The quantitative estimate of drug-likeness (QED) is 0.236. The van der Waals surface area contributed by atoms with E-state index in [9.17, 15) is 35.4 Å². The highest BCUT2D eigenvalue weighted by Gasteiger charge is 2.47. The molecule has 0 spiro atoms. The van der Waals surface area contributed by atoms with Crippen molar-refractivity contribution in [2.24, 2.45) is 0 Å². The predicted octanol–water partition coefficient (Wildman–Crippen LogP) is 0.536. The van der Waals surface area contributed by atoms with Crippen molar-refractivity contribution in [2.75, 3.05) is 13.7 Å². The molecular formula is C24H27O12+. The van der Waals surface area contributed by atoms with Crippen LogP contribution in [0, 0.1) is 0 Å². The van der Waals surface area contributed by atoms with Crippen molar-refractivity contribution in [3.63, 3.8) is 0 Å². The lowest BCUT2D eigenvalue weighted by Crippen LogP contribution is -2.59. The normalized spacial score (nSPS) is 27.3. The van der Waals surface area contributed by atoms with Gasteiger partial charge in [-0.3, -0.25) is 4.79 Å². The predicted molar refractivity (Wildman–Crippen MR) is 121 cm³/mol. The molecule has 0 saturated carbocycles. The third-order valence-electron chi connectivity index (χ3n) is 5.84. The van der Waals surface area contributed by atoms with Crippen LogP contribution in [-0.4, -0.2) is 85.8 Å². The van der Waals surface area contributed by atoms with E-state index in [4.69, 9.17) is 18.9 Å². The van der Waals surface area contributed by atoms with Crippen molar-refractivity contribution >= 4 is 12.0 Å². The number of benzene rings is 2. The molecule has 0 radical (unpaired) electrons. The topological polar surface area (TPSA) is 188 Å². The van der Waals surface area contributed by atoms with Gasteiger partial charge in [0.05, 0.1) is 18.7 Å². The summed E-state index contributed by atoms with van der Waals surface area (Å²) in [5.74, 6) is -0.790. The maximum Gasteiger partial charge on any atom is 0.302 e. The number of carbonyl (C=O) groups excluding carboxylic acids is 1. The lowest BCUT2D eigenvalue weighted by molar-refractivity contribution is -0.296. The molecule has 1 fully saturated rings. The van der Waals surface area contributed by atoms with E-state index in [2.05, 4.69) is 4.74 Å².